The van der Waals surface area contributed by atoms with Gasteiger partial charge in [-0.25, -0.2) is 0 Å². The van der Waals surface area contributed by atoms with E-state index in [1.807, 2.05) is 36.4 Å². The topological polar surface area (TPSA) is 157 Å². The van der Waals surface area contributed by atoms with Gasteiger partial charge in [-0.3, -0.25) is 14.4 Å². The maximum Gasteiger partial charge on any atom is 2.00 e. The Kier molecular flexibility index (Phi) is 9.96. The Bertz CT molecular complexity index is 1460. The van der Waals surface area contributed by atoms with Crippen LogP contribution in [-0.2, 0) is 31.5 Å². The fourth-order valence-corrected chi connectivity index (χ4v) is 3.99. The molecule has 0 radical (unpaired) electrons. The van der Waals surface area contributed by atoms with E-state index in [1.54, 1.807) is 54.6 Å². The van der Waals surface area contributed by atoms with E-state index < -0.39 is 0 Å². The summed E-state index contributed by atoms with van der Waals surface area (Å²) in [5, 5.41) is 39.4. The molecular formula is C30H18FeN3O6-. The zero-order valence-electron chi connectivity index (χ0n) is 20.5. The predicted octanol–water partition coefficient (Wildman–Crippen LogP) is 4.71. The van der Waals surface area contributed by atoms with Crippen LogP contribution in [0.3, 0.4) is 0 Å². The number of benzene rings is 3. The summed E-state index contributed by atoms with van der Waals surface area (Å²) in [6.45, 7) is 0. The van der Waals surface area contributed by atoms with Crippen molar-refractivity contribution < 1.29 is 31.5 Å². The average Bonchev–Trinajstić information content (AvgIpc) is 2.98. The average molecular weight is 572 g/mol. The zero-order valence-corrected chi connectivity index (χ0v) is 21.6. The first-order chi connectivity index (χ1) is 19.0. The Morgan fingerprint density at radius 1 is 0.400 bits per heavy atom. The molecule has 0 amide bonds. The van der Waals surface area contributed by atoms with Crippen molar-refractivity contribution in [3.8, 4) is 0 Å². The quantitative estimate of drug-likeness (QED) is 0.281. The van der Waals surface area contributed by atoms with E-state index in [9.17, 15) is 30.0 Å². The molecule has 0 bridgehead atoms. The molecule has 0 fully saturated rings. The first-order valence-electron chi connectivity index (χ1n) is 11.5. The molecule has 40 heavy (non-hydrogen) atoms. The molecule has 0 unspecified atom stereocenters. The monoisotopic (exact) mass is 572 g/mol. The Labute approximate surface area is 239 Å². The molecule has 10 heteroatoms. The van der Waals surface area contributed by atoms with Crippen LogP contribution in [0.25, 0.3) is 18.2 Å². The van der Waals surface area contributed by atoms with E-state index in [0.29, 0.717) is 16.7 Å². The van der Waals surface area contributed by atoms with Crippen LogP contribution in [0.4, 0.5) is 0 Å². The largest absolute Gasteiger partial charge is 2.00 e. The molecule has 0 aliphatic heterocycles. The standard InChI is InChI=1S/3C10H7NO2.Fe/c3*12-9-6-5-7-3-1-2-4-8(7)10(9)11-13;/h3*1-6,13H;/q;;;+2/p-3/b3*11-10-;. The second-order valence-electron chi connectivity index (χ2n) is 8.17. The summed E-state index contributed by atoms with van der Waals surface area (Å²) >= 11 is 0. The maximum absolute atomic E-state index is 11.2. The third-order valence-corrected chi connectivity index (χ3v) is 5.86. The van der Waals surface area contributed by atoms with Gasteiger partial charge >= 0.3 is 17.1 Å². The number of hydrogen-bond donors (Lipinski definition) is 0. The summed E-state index contributed by atoms with van der Waals surface area (Å²) in [4.78, 5) is 33.5. The van der Waals surface area contributed by atoms with Crippen LogP contribution < -0.4 is 0 Å². The van der Waals surface area contributed by atoms with Gasteiger partial charge in [-0.15, -0.1) is 0 Å². The number of rotatable bonds is 0. The van der Waals surface area contributed by atoms with Gasteiger partial charge in [-0.1, -0.05) is 91.0 Å². The first kappa shape index (κ1) is 29.4. The smallest absolute Gasteiger partial charge is 0.791 e. The Hall–Kier alpha value is -5.18. The van der Waals surface area contributed by atoms with Gasteiger partial charge in [0, 0.05) is 16.7 Å². The van der Waals surface area contributed by atoms with Crippen molar-refractivity contribution in [2.75, 3.05) is 0 Å². The van der Waals surface area contributed by atoms with E-state index in [4.69, 9.17) is 0 Å². The molecule has 3 aliphatic carbocycles. The fraction of sp³-hybridized carbons (Fsp3) is 0. The second-order valence-corrected chi connectivity index (χ2v) is 8.17. The van der Waals surface area contributed by atoms with Crippen LogP contribution in [0.2, 0.25) is 0 Å². The van der Waals surface area contributed by atoms with Crippen molar-refractivity contribution in [2.45, 2.75) is 0 Å². The number of ketones is 3. The van der Waals surface area contributed by atoms with Gasteiger partial charge in [0.05, 0.1) is 0 Å². The minimum absolute atomic E-state index is 0. The molecule has 3 aliphatic rings. The molecule has 0 spiro atoms. The van der Waals surface area contributed by atoms with Gasteiger partial charge < -0.3 is 31.1 Å². The molecule has 0 heterocycles. The summed E-state index contributed by atoms with van der Waals surface area (Å²) in [6, 6.07) is 21.5. The Morgan fingerprint density at radius 3 is 0.900 bits per heavy atom. The summed E-state index contributed by atoms with van der Waals surface area (Å²) in [7, 11) is 0. The molecule has 0 N–H and O–H groups in total. The van der Waals surface area contributed by atoms with E-state index in [1.165, 1.54) is 18.2 Å². The van der Waals surface area contributed by atoms with Gasteiger partial charge in [-0.2, -0.15) is 0 Å². The van der Waals surface area contributed by atoms with Crippen LogP contribution in [0.1, 0.15) is 33.4 Å². The molecule has 9 nitrogen and oxygen atoms in total. The molecule has 6 rings (SSSR count). The summed E-state index contributed by atoms with van der Waals surface area (Å²) < 4.78 is 0. The van der Waals surface area contributed by atoms with Crippen molar-refractivity contribution in [2.24, 2.45) is 15.5 Å². The van der Waals surface area contributed by atoms with E-state index in [2.05, 4.69) is 15.5 Å². The number of fused-ring (bicyclic) bond motifs is 3. The van der Waals surface area contributed by atoms with Gasteiger partial charge in [0.25, 0.3) is 0 Å². The van der Waals surface area contributed by atoms with Crippen LogP contribution in [0, 0.1) is 15.6 Å². The molecule has 0 saturated carbocycles. The minimum atomic E-state index is -0.325. The van der Waals surface area contributed by atoms with Crippen molar-refractivity contribution in [3.05, 3.63) is 140 Å². The summed E-state index contributed by atoms with van der Waals surface area (Å²) in [5.74, 6) is -0.976. The van der Waals surface area contributed by atoms with Crippen LogP contribution >= 0.6 is 0 Å². The SMILES string of the molecule is O=C1C=Cc2ccccc2/C1=N/[O-].O=C1C=Cc2ccccc2/C1=N/[O-].O=C1C=Cc2ccccc2/C1=N/[O-].[Fe+2]. The molecule has 0 aromatic heterocycles. The van der Waals surface area contributed by atoms with Crippen LogP contribution in [0.15, 0.2) is 106 Å². The van der Waals surface area contributed by atoms with Gasteiger partial charge in [0.15, 0.2) is 0 Å². The van der Waals surface area contributed by atoms with E-state index in [-0.39, 0.29) is 51.6 Å². The first-order valence-corrected chi connectivity index (χ1v) is 11.5. The predicted molar refractivity (Wildman–Crippen MR) is 151 cm³/mol. The molecule has 3 aromatic carbocycles. The zero-order chi connectivity index (χ0) is 27.8. The normalized spacial score (nSPS) is 17.1. The number of hydrogen-bond acceptors (Lipinski definition) is 9. The number of nitrogens with zero attached hydrogens (tertiary/aromatic N) is 3. The number of allylic oxidation sites excluding steroid dienone is 3. The van der Waals surface area contributed by atoms with E-state index >= 15 is 0 Å². The summed E-state index contributed by atoms with van der Waals surface area (Å²) in [5.41, 5.74) is 4.42. The minimum Gasteiger partial charge on any atom is -0.791 e. The molecule has 0 saturated heterocycles. The third kappa shape index (κ3) is 6.27. The van der Waals surface area contributed by atoms with Crippen LogP contribution in [0.5, 0.6) is 0 Å². The van der Waals surface area contributed by atoms with Crippen molar-refractivity contribution >= 4 is 52.7 Å². The van der Waals surface area contributed by atoms with Gasteiger partial charge in [-0.05, 0) is 34.9 Å². The third-order valence-electron chi connectivity index (χ3n) is 5.86. The molecular weight excluding hydrogens is 554 g/mol. The number of carbonyl (C=O) groups is 3. The Balaban J connectivity index is 0.000000163. The second kappa shape index (κ2) is 13.6. The van der Waals surface area contributed by atoms with E-state index in [0.717, 1.165) is 16.7 Å². The molecule has 0 atom stereocenters. The molecule has 198 valence electrons. The van der Waals surface area contributed by atoms with Crippen molar-refractivity contribution in [1.82, 2.24) is 0 Å². The fourth-order valence-electron chi connectivity index (χ4n) is 3.99. The van der Waals surface area contributed by atoms with Crippen LogP contribution in [-0.4, -0.2) is 34.5 Å². The van der Waals surface area contributed by atoms with Gasteiger partial charge in [0.1, 0.15) is 17.1 Å². The van der Waals surface area contributed by atoms with Gasteiger partial charge in [0.2, 0.25) is 17.3 Å². The maximum atomic E-state index is 11.2. The molecule has 3 aromatic rings. The van der Waals surface area contributed by atoms with Crippen molar-refractivity contribution in [3.63, 3.8) is 0 Å². The summed E-state index contributed by atoms with van der Waals surface area (Å²) in [6.07, 6.45) is 9.14. The van der Waals surface area contributed by atoms with Crippen molar-refractivity contribution in [1.29, 1.82) is 0 Å². The number of carbonyl (C=O) groups excluding carboxylic acids is 3. The Morgan fingerprint density at radius 2 is 0.650 bits per heavy atom.